The lowest BCUT2D eigenvalue weighted by Crippen LogP contribution is -2.32. The highest BCUT2D eigenvalue weighted by atomic mass is 16.3. The monoisotopic (exact) mass is 213 g/mol. The van der Waals surface area contributed by atoms with Gasteiger partial charge in [0.15, 0.2) is 0 Å². The van der Waals surface area contributed by atoms with Gasteiger partial charge in [-0.1, -0.05) is 26.7 Å². The smallest absolute Gasteiger partial charge is 0.0434 e. The van der Waals surface area contributed by atoms with Crippen LogP contribution in [0.4, 0.5) is 0 Å². The van der Waals surface area contributed by atoms with Crippen molar-refractivity contribution in [3.8, 4) is 0 Å². The molecule has 0 aliphatic heterocycles. The van der Waals surface area contributed by atoms with E-state index in [0.29, 0.717) is 12.5 Å². The largest absolute Gasteiger partial charge is 0.396 e. The summed E-state index contributed by atoms with van der Waals surface area (Å²) in [7, 11) is 0. The van der Waals surface area contributed by atoms with Crippen molar-refractivity contribution in [1.82, 2.24) is 5.32 Å². The van der Waals surface area contributed by atoms with Gasteiger partial charge in [0.2, 0.25) is 0 Å². The van der Waals surface area contributed by atoms with Gasteiger partial charge in [0.1, 0.15) is 0 Å². The number of nitrogens with one attached hydrogen (secondary N) is 1. The van der Waals surface area contributed by atoms with Gasteiger partial charge in [0, 0.05) is 12.6 Å². The Hall–Kier alpha value is -0.0800. The molecule has 1 saturated carbocycles. The lowest BCUT2D eigenvalue weighted by molar-refractivity contribution is 0.236. The van der Waals surface area contributed by atoms with E-state index in [0.717, 1.165) is 24.9 Å². The maximum absolute atomic E-state index is 9.01. The molecule has 0 amide bonds. The van der Waals surface area contributed by atoms with Gasteiger partial charge in [-0.15, -0.1) is 0 Å². The fourth-order valence-electron chi connectivity index (χ4n) is 2.62. The highest BCUT2D eigenvalue weighted by Gasteiger charge is 2.16. The van der Waals surface area contributed by atoms with E-state index in [1.54, 1.807) is 0 Å². The third-order valence-corrected chi connectivity index (χ3v) is 3.39. The molecule has 90 valence electrons. The highest BCUT2D eigenvalue weighted by Crippen LogP contribution is 2.19. The lowest BCUT2D eigenvalue weighted by atomic mass is 9.94. The molecule has 2 N–H and O–H groups in total. The second-order valence-corrected chi connectivity index (χ2v) is 5.40. The van der Waals surface area contributed by atoms with Gasteiger partial charge in [-0.3, -0.25) is 0 Å². The molecular weight excluding hydrogens is 186 g/mol. The van der Waals surface area contributed by atoms with Gasteiger partial charge in [-0.05, 0) is 44.1 Å². The molecule has 0 spiro atoms. The molecular formula is C13H27NO. The summed E-state index contributed by atoms with van der Waals surface area (Å²) in [4.78, 5) is 0. The molecule has 0 heterocycles. The SMILES string of the molecule is CC(C)CC(CCO)CNC1CCCC1. The number of aliphatic hydroxyl groups excluding tert-OH is 1. The standard InChI is InChI=1S/C13H27NO/c1-11(2)9-12(7-8-15)10-14-13-5-3-4-6-13/h11-15H,3-10H2,1-2H3. The van der Waals surface area contributed by atoms with Crippen molar-refractivity contribution in [3.05, 3.63) is 0 Å². The van der Waals surface area contributed by atoms with E-state index >= 15 is 0 Å². The topological polar surface area (TPSA) is 32.3 Å². The Kier molecular flexibility index (Phi) is 6.26. The molecule has 2 nitrogen and oxygen atoms in total. The van der Waals surface area contributed by atoms with Crippen molar-refractivity contribution in [2.45, 2.75) is 58.4 Å². The van der Waals surface area contributed by atoms with E-state index < -0.39 is 0 Å². The minimum Gasteiger partial charge on any atom is -0.396 e. The van der Waals surface area contributed by atoms with Crippen LogP contribution in [0.15, 0.2) is 0 Å². The van der Waals surface area contributed by atoms with E-state index in [4.69, 9.17) is 5.11 Å². The van der Waals surface area contributed by atoms with Crippen LogP contribution in [0.3, 0.4) is 0 Å². The van der Waals surface area contributed by atoms with E-state index in [1.807, 2.05) is 0 Å². The van der Waals surface area contributed by atoms with Gasteiger partial charge in [-0.25, -0.2) is 0 Å². The van der Waals surface area contributed by atoms with Crippen molar-refractivity contribution in [1.29, 1.82) is 0 Å². The molecule has 1 aliphatic carbocycles. The molecule has 0 aromatic heterocycles. The maximum Gasteiger partial charge on any atom is 0.0434 e. The van der Waals surface area contributed by atoms with Gasteiger partial charge >= 0.3 is 0 Å². The van der Waals surface area contributed by atoms with Crippen molar-refractivity contribution >= 4 is 0 Å². The molecule has 2 heteroatoms. The second-order valence-electron chi connectivity index (χ2n) is 5.40. The summed E-state index contributed by atoms with van der Waals surface area (Å²) in [5.74, 6) is 1.41. The van der Waals surface area contributed by atoms with Crippen LogP contribution in [0.25, 0.3) is 0 Å². The summed E-state index contributed by atoms with van der Waals surface area (Å²) < 4.78 is 0. The molecule has 1 unspecified atom stereocenters. The highest BCUT2D eigenvalue weighted by molar-refractivity contribution is 4.75. The van der Waals surface area contributed by atoms with E-state index in [1.165, 1.54) is 32.1 Å². The fourth-order valence-corrected chi connectivity index (χ4v) is 2.62. The quantitative estimate of drug-likeness (QED) is 0.681. The molecule has 1 aliphatic rings. The summed E-state index contributed by atoms with van der Waals surface area (Å²) in [5, 5.41) is 12.7. The van der Waals surface area contributed by atoms with Crippen LogP contribution in [-0.2, 0) is 0 Å². The normalized spacial score (nSPS) is 20.0. The Bertz CT molecular complexity index is 153. The van der Waals surface area contributed by atoms with Gasteiger partial charge in [-0.2, -0.15) is 0 Å². The van der Waals surface area contributed by atoms with Crippen LogP contribution in [0, 0.1) is 11.8 Å². The van der Waals surface area contributed by atoms with Gasteiger partial charge in [0.05, 0.1) is 0 Å². The zero-order valence-electron chi connectivity index (χ0n) is 10.3. The summed E-state index contributed by atoms with van der Waals surface area (Å²) in [6.07, 6.45) is 7.69. The lowest BCUT2D eigenvalue weighted by Gasteiger charge is -2.21. The Morgan fingerprint density at radius 2 is 1.93 bits per heavy atom. The van der Waals surface area contributed by atoms with Gasteiger partial charge < -0.3 is 10.4 Å². The van der Waals surface area contributed by atoms with Crippen LogP contribution in [0.1, 0.15) is 52.4 Å². The summed E-state index contributed by atoms with van der Waals surface area (Å²) in [6, 6.07) is 0.762. The number of aliphatic hydroxyl groups is 1. The van der Waals surface area contributed by atoms with Crippen LogP contribution >= 0.6 is 0 Å². The van der Waals surface area contributed by atoms with Gasteiger partial charge in [0.25, 0.3) is 0 Å². The Morgan fingerprint density at radius 1 is 1.27 bits per heavy atom. The van der Waals surface area contributed by atoms with E-state index in [9.17, 15) is 0 Å². The summed E-state index contributed by atoms with van der Waals surface area (Å²) >= 11 is 0. The van der Waals surface area contributed by atoms with E-state index in [2.05, 4.69) is 19.2 Å². The molecule has 1 rings (SSSR count). The molecule has 0 bridgehead atoms. The Balaban J connectivity index is 2.17. The van der Waals surface area contributed by atoms with Crippen molar-refractivity contribution < 1.29 is 5.11 Å². The Labute approximate surface area is 94.5 Å². The number of rotatable bonds is 7. The first kappa shape index (κ1) is 13.0. The number of hydrogen-bond acceptors (Lipinski definition) is 2. The molecule has 1 atom stereocenters. The second kappa shape index (κ2) is 7.24. The maximum atomic E-state index is 9.01. The third-order valence-electron chi connectivity index (χ3n) is 3.39. The minimum absolute atomic E-state index is 0.337. The minimum atomic E-state index is 0.337. The molecule has 0 aromatic carbocycles. The first-order chi connectivity index (χ1) is 7.22. The zero-order valence-corrected chi connectivity index (χ0v) is 10.3. The average Bonchev–Trinajstić information content (AvgIpc) is 2.66. The predicted molar refractivity (Wildman–Crippen MR) is 64.9 cm³/mol. The van der Waals surface area contributed by atoms with Crippen molar-refractivity contribution in [3.63, 3.8) is 0 Å². The molecule has 0 aromatic rings. The average molecular weight is 213 g/mol. The van der Waals surface area contributed by atoms with E-state index in [-0.39, 0.29) is 0 Å². The summed E-state index contributed by atoms with van der Waals surface area (Å²) in [6.45, 7) is 5.97. The zero-order chi connectivity index (χ0) is 11.1. The van der Waals surface area contributed by atoms with Crippen LogP contribution in [0.5, 0.6) is 0 Å². The van der Waals surface area contributed by atoms with Crippen LogP contribution in [0.2, 0.25) is 0 Å². The molecule has 0 radical (unpaired) electrons. The third kappa shape index (κ3) is 5.53. The molecule has 15 heavy (non-hydrogen) atoms. The fraction of sp³-hybridized carbons (Fsp3) is 1.00. The molecule has 1 fully saturated rings. The number of hydrogen-bond donors (Lipinski definition) is 2. The Morgan fingerprint density at radius 3 is 2.47 bits per heavy atom. The van der Waals surface area contributed by atoms with Crippen molar-refractivity contribution in [2.75, 3.05) is 13.2 Å². The first-order valence-corrected chi connectivity index (χ1v) is 6.56. The van der Waals surface area contributed by atoms with Crippen LogP contribution < -0.4 is 5.32 Å². The summed E-state index contributed by atoms with van der Waals surface area (Å²) in [5.41, 5.74) is 0. The van der Waals surface area contributed by atoms with Crippen molar-refractivity contribution in [2.24, 2.45) is 11.8 Å². The first-order valence-electron chi connectivity index (χ1n) is 6.56. The predicted octanol–water partition coefficient (Wildman–Crippen LogP) is 2.56. The molecule has 0 saturated heterocycles. The van der Waals surface area contributed by atoms with Crippen LogP contribution in [-0.4, -0.2) is 24.3 Å².